The van der Waals surface area contributed by atoms with E-state index in [2.05, 4.69) is 5.32 Å². The summed E-state index contributed by atoms with van der Waals surface area (Å²) in [4.78, 5) is 11.2. The summed E-state index contributed by atoms with van der Waals surface area (Å²) in [6.07, 6.45) is 0. The summed E-state index contributed by atoms with van der Waals surface area (Å²) >= 11 is 4.89. The molecule has 1 unspecified atom stereocenters. The zero-order valence-corrected chi connectivity index (χ0v) is 9.17. The van der Waals surface area contributed by atoms with Gasteiger partial charge in [-0.1, -0.05) is 24.4 Å². The summed E-state index contributed by atoms with van der Waals surface area (Å²) in [5.74, 6) is -0.423. The highest BCUT2D eigenvalue weighted by Gasteiger charge is 2.11. The maximum Gasteiger partial charge on any atom is 0.239 e. The molecule has 0 radical (unpaired) electrons. The summed E-state index contributed by atoms with van der Waals surface area (Å²) in [6, 6.07) is 6.79. The molecule has 0 aliphatic rings. The van der Waals surface area contributed by atoms with Crippen LogP contribution in [0.4, 0.5) is 5.69 Å². The van der Waals surface area contributed by atoms with Crippen LogP contribution in [0, 0.1) is 0 Å². The molecule has 1 aromatic carbocycles. The van der Waals surface area contributed by atoms with Gasteiger partial charge in [-0.15, -0.1) is 0 Å². The maximum absolute atomic E-state index is 10.9. The van der Waals surface area contributed by atoms with E-state index in [1.807, 2.05) is 12.1 Å². The molecule has 0 fully saturated rings. The van der Waals surface area contributed by atoms with Gasteiger partial charge in [0.1, 0.15) is 11.0 Å². The lowest BCUT2D eigenvalue weighted by Gasteiger charge is -2.14. The molecule has 1 rings (SSSR count). The highest BCUT2D eigenvalue weighted by Crippen LogP contribution is 2.15. The second-order valence-corrected chi connectivity index (χ2v) is 3.62. The van der Waals surface area contributed by atoms with Gasteiger partial charge in [-0.3, -0.25) is 4.79 Å². The molecule has 15 heavy (non-hydrogen) atoms. The van der Waals surface area contributed by atoms with E-state index in [4.69, 9.17) is 23.7 Å². The predicted molar refractivity (Wildman–Crippen MR) is 64.6 cm³/mol. The largest absolute Gasteiger partial charge is 0.389 e. The minimum absolute atomic E-state index is 0.287. The van der Waals surface area contributed by atoms with Crippen molar-refractivity contribution in [1.82, 2.24) is 0 Å². The molecule has 0 aliphatic carbocycles. The third-order valence-electron chi connectivity index (χ3n) is 1.99. The molecular weight excluding hydrogens is 210 g/mol. The molecule has 80 valence electrons. The third kappa shape index (κ3) is 2.92. The molecule has 4 nitrogen and oxygen atoms in total. The average molecular weight is 223 g/mol. The van der Waals surface area contributed by atoms with Gasteiger partial charge in [0.05, 0.1) is 0 Å². The number of hydrogen-bond acceptors (Lipinski definition) is 3. The molecule has 1 amide bonds. The SMILES string of the molecule is CC(Nc1ccccc1C(N)=S)C(N)=O. The molecule has 0 heterocycles. The molecule has 5 N–H and O–H groups in total. The maximum atomic E-state index is 10.9. The Morgan fingerprint density at radius 3 is 2.53 bits per heavy atom. The molecule has 0 spiro atoms. The van der Waals surface area contributed by atoms with Gasteiger partial charge in [0, 0.05) is 11.3 Å². The number of carbonyl (C=O) groups is 1. The number of amides is 1. The van der Waals surface area contributed by atoms with Crippen LogP contribution in [0.5, 0.6) is 0 Å². The molecule has 0 saturated carbocycles. The summed E-state index contributed by atoms with van der Waals surface area (Å²) in [5.41, 5.74) is 12.1. The zero-order chi connectivity index (χ0) is 11.4. The monoisotopic (exact) mass is 223 g/mol. The van der Waals surface area contributed by atoms with Gasteiger partial charge in [0.15, 0.2) is 0 Å². The number of thiocarbonyl (C=S) groups is 1. The van der Waals surface area contributed by atoms with Gasteiger partial charge >= 0.3 is 0 Å². The first-order valence-electron chi connectivity index (χ1n) is 4.47. The Labute approximate surface area is 93.6 Å². The van der Waals surface area contributed by atoms with Crippen LogP contribution in [-0.2, 0) is 4.79 Å². The quantitative estimate of drug-likeness (QED) is 0.653. The number of benzene rings is 1. The molecule has 0 saturated heterocycles. The van der Waals surface area contributed by atoms with E-state index in [1.165, 1.54) is 0 Å². The molecule has 1 atom stereocenters. The zero-order valence-electron chi connectivity index (χ0n) is 8.36. The highest BCUT2D eigenvalue weighted by molar-refractivity contribution is 7.80. The Hall–Kier alpha value is -1.62. The molecule has 0 aromatic heterocycles. The van der Waals surface area contributed by atoms with E-state index in [-0.39, 0.29) is 4.99 Å². The van der Waals surface area contributed by atoms with Crippen molar-refractivity contribution in [2.75, 3.05) is 5.32 Å². The van der Waals surface area contributed by atoms with E-state index in [0.29, 0.717) is 5.56 Å². The molecule has 5 heteroatoms. The minimum Gasteiger partial charge on any atom is -0.389 e. The van der Waals surface area contributed by atoms with Crippen LogP contribution >= 0.6 is 12.2 Å². The van der Waals surface area contributed by atoms with Crippen LogP contribution in [0.3, 0.4) is 0 Å². The van der Waals surface area contributed by atoms with Crippen molar-refractivity contribution in [3.05, 3.63) is 29.8 Å². The normalized spacial score (nSPS) is 11.8. The highest BCUT2D eigenvalue weighted by atomic mass is 32.1. The Bertz CT molecular complexity index is 392. The minimum atomic E-state index is -0.458. The number of hydrogen-bond donors (Lipinski definition) is 3. The Balaban J connectivity index is 2.94. The topological polar surface area (TPSA) is 81.1 Å². The fourth-order valence-electron chi connectivity index (χ4n) is 1.13. The van der Waals surface area contributed by atoms with Crippen molar-refractivity contribution < 1.29 is 4.79 Å². The van der Waals surface area contributed by atoms with E-state index < -0.39 is 11.9 Å². The van der Waals surface area contributed by atoms with Crippen molar-refractivity contribution in [2.45, 2.75) is 13.0 Å². The number of nitrogens with one attached hydrogen (secondary N) is 1. The average Bonchev–Trinajstić information content (AvgIpc) is 2.18. The Morgan fingerprint density at radius 2 is 2.00 bits per heavy atom. The van der Waals surface area contributed by atoms with E-state index in [9.17, 15) is 4.79 Å². The van der Waals surface area contributed by atoms with Gasteiger partial charge in [0.25, 0.3) is 0 Å². The predicted octanol–water partition coefficient (Wildman–Crippen LogP) is 0.606. The van der Waals surface area contributed by atoms with Gasteiger partial charge < -0.3 is 16.8 Å². The van der Waals surface area contributed by atoms with E-state index in [1.54, 1.807) is 19.1 Å². The van der Waals surface area contributed by atoms with Crippen LogP contribution in [0.15, 0.2) is 24.3 Å². The number of carbonyl (C=O) groups excluding carboxylic acids is 1. The van der Waals surface area contributed by atoms with Crippen molar-refractivity contribution in [1.29, 1.82) is 0 Å². The molecule has 0 bridgehead atoms. The summed E-state index contributed by atoms with van der Waals surface area (Å²) in [5, 5.41) is 2.95. The van der Waals surface area contributed by atoms with Crippen LogP contribution in [0.25, 0.3) is 0 Å². The Morgan fingerprint density at radius 1 is 1.40 bits per heavy atom. The molecule has 1 aromatic rings. The lowest BCUT2D eigenvalue weighted by molar-refractivity contribution is -0.118. The second-order valence-electron chi connectivity index (χ2n) is 3.18. The first-order valence-corrected chi connectivity index (χ1v) is 4.88. The fraction of sp³-hybridized carbons (Fsp3) is 0.200. The fourth-order valence-corrected chi connectivity index (χ4v) is 1.31. The lowest BCUT2D eigenvalue weighted by Crippen LogP contribution is -2.33. The van der Waals surface area contributed by atoms with Crippen molar-refractivity contribution >= 4 is 28.8 Å². The van der Waals surface area contributed by atoms with Crippen molar-refractivity contribution in [3.8, 4) is 0 Å². The van der Waals surface area contributed by atoms with Crippen molar-refractivity contribution in [3.63, 3.8) is 0 Å². The van der Waals surface area contributed by atoms with Gasteiger partial charge in [-0.2, -0.15) is 0 Å². The van der Waals surface area contributed by atoms with Gasteiger partial charge in [-0.25, -0.2) is 0 Å². The lowest BCUT2D eigenvalue weighted by atomic mass is 10.1. The molecule has 0 aliphatic heterocycles. The first-order chi connectivity index (χ1) is 7.02. The van der Waals surface area contributed by atoms with Gasteiger partial charge in [-0.05, 0) is 19.1 Å². The first kappa shape index (κ1) is 11.5. The summed E-state index contributed by atoms with van der Waals surface area (Å²) in [7, 11) is 0. The van der Waals surface area contributed by atoms with Crippen LogP contribution in [0.1, 0.15) is 12.5 Å². The van der Waals surface area contributed by atoms with Crippen LogP contribution in [0.2, 0.25) is 0 Å². The van der Waals surface area contributed by atoms with E-state index in [0.717, 1.165) is 5.69 Å². The van der Waals surface area contributed by atoms with Gasteiger partial charge in [0.2, 0.25) is 5.91 Å². The molecular formula is C10H13N3OS. The van der Waals surface area contributed by atoms with Crippen LogP contribution < -0.4 is 16.8 Å². The number of rotatable bonds is 4. The smallest absolute Gasteiger partial charge is 0.239 e. The number of nitrogens with two attached hydrogens (primary N) is 2. The number of anilines is 1. The van der Waals surface area contributed by atoms with Crippen LogP contribution in [-0.4, -0.2) is 16.9 Å². The third-order valence-corrected chi connectivity index (χ3v) is 2.21. The summed E-state index contributed by atoms with van der Waals surface area (Å²) < 4.78 is 0. The second kappa shape index (κ2) is 4.75. The Kier molecular flexibility index (Phi) is 3.62. The number of para-hydroxylation sites is 1. The van der Waals surface area contributed by atoms with E-state index >= 15 is 0 Å². The van der Waals surface area contributed by atoms with Crippen molar-refractivity contribution in [2.24, 2.45) is 11.5 Å². The number of primary amides is 1. The summed E-state index contributed by atoms with van der Waals surface area (Å²) in [6.45, 7) is 1.68. The standard InChI is InChI=1S/C10H13N3OS/c1-6(9(11)14)13-8-5-3-2-4-7(8)10(12)15/h2-6,13H,1H3,(H2,11,14)(H2,12,15).